The van der Waals surface area contributed by atoms with Crippen LogP contribution in [0.25, 0.3) is 11.5 Å². The minimum Gasteiger partial charge on any atom is -0.419 e. The zero-order valence-corrected chi connectivity index (χ0v) is 11.7. The Kier molecular flexibility index (Phi) is 3.80. The molecule has 2 heterocycles. The maximum atomic E-state index is 5.98. The van der Waals surface area contributed by atoms with Gasteiger partial charge in [-0.05, 0) is 38.4 Å². The summed E-state index contributed by atoms with van der Waals surface area (Å²) in [6.07, 6.45) is 2.24. The molecule has 3 rings (SSSR count). The van der Waals surface area contributed by atoms with Crippen molar-refractivity contribution in [2.75, 3.05) is 13.1 Å². The van der Waals surface area contributed by atoms with Crippen LogP contribution in [0.1, 0.15) is 24.3 Å². The van der Waals surface area contributed by atoms with Crippen molar-refractivity contribution in [3.63, 3.8) is 0 Å². The lowest BCUT2D eigenvalue weighted by molar-refractivity contribution is 0.185. The van der Waals surface area contributed by atoms with Crippen molar-refractivity contribution in [3.05, 3.63) is 35.7 Å². The van der Waals surface area contributed by atoms with Crippen LogP contribution in [0.4, 0.5) is 0 Å². The molecule has 0 amide bonds. The molecule has 0 radical (unpaired) electrons. The van der Waals surface area contributed by atoms with Crippen LogP contribution < -0.4 is 5.73 Å². The number of piperidine rings is 1. The fourth-order valence-electron chi connectivity index (χ4n) is 2.64. The molecule has 1 unspecified atom stereocenters. The average molecular weight is 272 g/mol. The molecular weight excluding hydrogens is 252 g/mol. The van der Waals surface area contributed by atoms with Crippen LogP contribution in [0.2, 0.25) is 0 Å². The quantitative estimate of drug-likeness (QED) is 0.925. The summed E-state index contributed by atoms with van der Waals surface area (Å²) in [7, 11) is 0. The molecule has 5 heteroatoms. The van der Waals surface area contributed by atoms with Gasteiger partial charge in [0.15, 0.2) is 0 Å². The number of benzene rings is 1. The summed E-state index contributed by atoms with van der Waals surface area (Å²) in [5.41, 5.74) is 8.14. The topological polar surface area (TPSA) is 68.2 Å². The van der Waals surface area contributed by atoms with Gasteiger partial charge >= 0.3 is 0 Å². The second kappa shape index (κ2) is 5.73. The second-order valence-corrected chi connectivity index (χ2v) is 5.51. The molecule has 1 aliphatic rings. The first kappa shape index (κ1) is 13.3. The summed E-state index contributed by atoms with van der Waals surface area (Å²) in [6.45, 7) is 4.69. The van der Waals surface area contributed by atoms with Gasteiger partial charge < -0.3 is 10.2 Å². The van der Waals surface area contributed by atoms with Crippen LogP contribution in [0, 0.1) is 6.92 Å². The third-order valence-electron chi connectivity index (χ3n) is 3.63. The monoisotopic (exact) mass is 272 g/mol. The first-order valence-electron chi connectivity index (χ1n) is 7.08. The standard InChI is InChI=1S/C15H20N4O/c1-11-4-2-5-12(8-11)15-18-17-14(20-15)10-19-7-3-6-13(16)9-19/h2,4-5,8,13H,3,6-7,9-10,16H2,1H3. The van der Waals surface area contributed by atoms with E-state index in [9.17, 15) is 0 Å². The van der Waals surface area contributed by atoms with Crippen molar-refractivity contribution in [1.29, 1.82) is 0 Å². The lowest BCUT2D eigenvalue weighted by Gasteiger charge is -2.29. The van der Waals surface area contributed by atoms with Gasteiger partial charge in [-0.15, -0.1) is 10.2 Å². The normalized spacial score (nSPS) is 20.2. The molecule has 2 aromatic rings. The molecule has 1 aromatic carbocycles. The molecule has 0 spiro atoms. The Labute approximate surface area is 118 Å². The molecule has 0 bridgehead atoms. The minimum atomic E-state index is 0.267. The highest BCUT2D eigenvalue weighted by molar-refractivity contribution is 5.53. The van der Waals surface area contributed by atoms with Gasteiger partial charge in [0.05, 0.1) is 6.54 Å². The van der Waals surface area contributed by atoms with Gasteiger partial charge in [0.25, 0.3) is 0 Å². The molecule has 106 valence electrons. The Hall–Kier alpha value is -1.72. The van der Waals surface area contributed by atoms with E-state index in [2.05, 4.69) is 28.1 Å². The van der Waals surface area contributed by atoms with Crippen LogP contribution >= 0.6 is 0 Å². The highest BCUT2D eigenvalue weighted by Gasteiger charge is 2.19. The number of nitrogens with zero attached hydrogens (tertiary/aromatic N) is 3. The Morgan fingerprint density at radius 1 is 1.40 bits per heavy atom. The van der Waals surface area contributed by atoms with E-state index in [1.54, 1.807) is 0 Å². The Bertz CT molecular complexity index is 581. The number of hydrogen-bond acceptors (Lipinski definition) is 5. The zero-order valence-electron chi connectivity index (χ0n) is 11.7. The molecule has 2 N–H and O–H groups in total. The molecule has 1 saturated heterocycles. The summed E-state index contributed by atoms with van der Waals surface area (Å²) in [5.74, 6) is 1.25. The number of rotatable bonds is 3. The van der Waals surface area contributed by atoms with Gasteiger partial charge in [-0.1, -0.05) is 17.7 Å². The van der Waals surface area contributed by atoms with E-state index in [4.69, 9.17) is 10.2 Å². The van der Waals surface area contributed by atoms with Crippen LogP contribution in [-0.2, 0) is 6.54 Å². The molecule has 5 nitrogen and oxygen atoms in total. The molecule has 20 heavy (non-hydrogen) atoms. The summed E-state index contributed by atoms with van der Waals surface area (Å²) in [4.78, 5) is 2.28. The van der Waals surface area contributed by atoms with Crippen molar-refractivity contribution < 1.29 is 4.42 Å². The van der Waals surface area contributed by atoms with E-state index in [0.717, 1.165) is 31.5 Å². The predicted molar refractivity (Wildman–Crippen MR) is 77.0 cm³/mol. The zero-order chi connectivity index (χ0) is 13.9. The van der Waals surface area contributed by atoms with Crippen molar-refractivity contribution in [2.45, 2.75) is 32.4 Å². The van der Waals surface area contributed by atoms with Gasteiger partial charge in [-0.3, -0.25) is 4.90 Å². The van der Waals surface area contributed by atoms with Gasteiger partial charge in [0.1, 0.15) is 0 Å². The molecule has 1 atom stereocenters. The van der Waals surface area contributed by atoms with E-state index in [1.165, 1.54) is 5.56 Å². The lowest BCUT2D eigenvalue weighted by atomic mass is 10.1. The predicted octanol–water partition coefficient (Wildman–Crippen LogP) is 1.97. The molecule has 1 fully saturated rings. The van der Waals surface area contributed by atoms with E-state index in [-0.39, 0.29) is 6.04 Å². The Balaban J connectivity index is 1.70. The van der Waals surface area contributed by atoms with Crippen molar-refractivity contribution in [1.82, 2.24) is 15.1 Å². The summed E-state index contributed by atoms with van der Waals surface area (Å²) < 4.78 is 5.76. The SMILES string of the molecule is Cc1cccc(-c2nnc(CN3CCCC(N)C3)o2)c1. The smallest absolute Gasteiger partial charge is 0.247 e. The third kappa shape index (κ3) is 3.05. The van der Waals surface area contributed by atoms with Crippen LogP contribution in [0.3, 0.4) is 0 Å². The molecule has 0 saturated carbocycles. The Morgan fingerprint density at radius 3 is 3.10 bits per heavy atom. The van der Waals surface area contributed by atoms with Crippen LogP contribution in [0.15, 0.2) is 28.7 Å². The summed E-state index contributed by atoms with van der Waals surface area (Å²) >= 11 is 0. The first-order chi connectivity index (χ1) is 9.70. The summed E-state index contributed by atoms with van der Waals surface area (Å²) in [5, 5.41) is 8.28. The lowest BCUT2D eigenvalue weighted by Crippen LogP contribution is -2.42. The third-order valence-corrected chi connectivity index (χ3v) is 3.63. The highest BCUT2D eigenvalue weighted by Crippen LogP contribution is 2.20. The number of aryl methyl sites for hydroxylation is 1. The van der Waals surface area contributed by atoms with Gasteiger partial charge in [0, 0.05) is 18.2 Å². The molecule has 0 aliphatic carbocycles. The second-order valence-electron chi connectivity index (χ2n) is 5.51. The van der Waals surface area contributed by atoms with Crippen molar-refractivity contribution in [2.24, 2.45) is 5.73 Å². The molecular formula is C15H20N4O. The van der Waals surface area contributed by atoms with E-state index < -0.39 is 0 Å². The summed E-state index contributed by atoms with van der Waals surface area (Å²) in [6, 6.07) is 8.35. The van der Waals surface area contributed by atoms with Crippen LogP contribution in [-0.4, -0.2) is 34.2 Å². The van der Waals surface area contributed by atoms with E-state index >= 15 is 0 Å². The minimum absolute atomic E-state index is 0.267. The fourth-order valence-corrected chi connectivity index (χ4v) is 2.64. The Morgan fingerprint density at radius 2 is 2.30 bits per heavy atom. The van der Waals surface area contributed by atoms with E-state index in [0.29, 0.717) is 18.3 Å². The van der Waals surface area contributed by atoms with Crippen LogP contribution in [0.5, 0.6) is 0 Å². The molecule has 1 aromatic heterocycles. The maximum Gasteiger partial charge on any atom is 0.247 e. The number of hydrogen-bond donors (Lipinski definition) is 1. The van der Waals surface area contributed by atoms with Crippen molar-refractivity contribution in [3.8, 4) is 11.5 Å². The van der Waals surface area contributed by atoms with Gasteiger partial charge in [-0.2, -0.15) is 0 Å². The number of nitrogens with two attached hydrogens (primary N) is 1. The van der Waals surface area contributed by atoms with Gasteiger partial charge in [-0.25, -0.2) is 0 Å². The van der Waals surface area contributed by atoms with Crippen molar-refractivity contribution >= 4 is 0 Å². The highest BCUT2D eigenvalue weighted by atomic mass is 16.4. The number of aromatic nitrogens is 2. The molecule has 1 aliphatic heterocycles. The number of likely N-dealkylation sites (tertiary alicyclic amines) is 1. The average Bonchev–Trinajstić information content (AvgIpc) is 2.87. The van der Waals surface area contributed by atoms with Gasteiger partial charge in [0.2, 0.25) is 11.8 Å². The van der Waals surface area contributed by atoms with E-state index in [1.807, 2.05) is 18.2 Å². The maximum absolute atomic E-state index is 5.98. The fraction of sp³-hybridized carbons (Fsp3) is 0.467. The largest absolute Gasteiger partial charge is 0.419 e. The first-order valence-corrected chi connectivity index (χ1v) is 7.08.